The Kier molecular flexibility index (Phi) is 6.61. The summed E-state index contributed by atoms with van der Waals surface area (Å²) < 4.78 is 57.7. The maximum atomic E-state index is 13.7. The van der Waals surface area contributed by atoms with E-state index in [-0.39, 0.29) is 40.5 Å². The summed E-state index contributed by atoms with van der Waals surface area (Å²) in [5, 5.41) is 11.8. The van der Waals surface area contributed by atoms with E-state index in [1.54, 1.807) is 6.92 Å². The van der Waals surface area contributed by atoms with Crippen LogP contribution < -0.4 is 9.75 Å². The number of rotatable bonds is 8. The lowest BCUT2D eigenvalue weighted by atomic mass is 9.93. The van der Waals surface area contributed by atoms with Gasteiger partial charge in [-0.15, -0.1) is 0 Å². The number of hydrogen-bond donors (Lipinski definition) is 1. The molecule has 1 unspecified atom stereocenters. The number of Topliss-reactive ketones (excluding diaryl/α,β-unsaturated/α-hetero) is 1. The fraction of sp³-hybridized carbons (Fsp3) is 0.292. The Labute approximate surface area is 203 Å². The predicted molar refractivity (Wildman–Crippen MR) is 122 cm³/mol. The van der Waals surface area contributed by atoms with Gasteiger partial charge in [-0.2, -0.15) is 24.0 Å². The lowest BCUT2D eigenvalue weighted by Crippen LogP contribution is -2.33. The summed E-state index contributed by atoms with van der Waals surface area (Å²) in [7, 11) is 0. The summed E-state index contributed by atoms with van der Waals surface area (Å²) in [6, 6.07) is 9.38. The molecular weight excluding hydrogens is 482 g/mol. The highest BCUT2D eigenvalue weighted by atomic mass is 19.3. The van der Waals surface area contributed by atoms with Gasteiger partial charge in [-0.05, 0) is 43.7 Å². The molecule has 2 aromatic carbocycles. The first-order valence-corrected chi connectivity index (χ1v) is 10.8. The van der Waals surface area contributed by atoms with Crippen molar-refractivity contribution in [3.8, 4) is 17.1 Å². The normalized spacial score (nSPS) is 16.0. The summed E-state index contributed by atoms with van der Waals surface area (Å²) >= 11 is 0. The van der Waals surface area contributed by atoms with Crippen LogP contribution in [-0.2, 0) is 21.9 Å². The molecule has 1 aliphatic heterocycles. The van der Waals surface area contributed by atoms with Crippen LogP contribution in [-0.4, -0.2) is 39.2 Å². The molecule has 8 nitrogen and oxygen atoms in total. The van der Waals surface area contributed by atoms with Crippen LogP contribution in [0.4, 0.5) is 23.2 Å². The van der Waals surface area contributed by atoms with Crippen molar-refractivity contribution in [1.82, 2.24) is 15.2 Å². The van der Waals surface area contributed by atoms with Gasteiger partial charge in [-0.3, -0.25) is 14.7 Å². The fourth-order valence-corrected chi connectivity index (χ4v) is 3.87. The number of benzene rings is 2. The number of ether oxygens (including phenoxy) is 1. The Morgan fingerprint density at radius 3 is 2.58 bits per heavy atom. The topological polar surface area (TPSA) is 101 Å². The Morgan fingerprint density at radius 1 is 1.19 bits per heavy atom. The van der Waals surface area contributed by atoms with Gasteiger partial charge in [0.15, 0.2) is 11.6 Å². The molecule has 0 aliphatic carbocycles. The average molecular weight is 503 g/mol. The molecule has 1 atom stereocenters. The molecule has 0 saturated heterocycles. The second kappa shape index (κ2) is 9.51. The number of nitrogens with one attached hydrogen (secondary N) is 1. The quantitative estimate of drug-likeness (QED) is 0.357. The molecule has 1 aliphatic rings. The van der Waals surface area contributed by atoms with Gasteiger partial charge >= 0.3 is 6.61 Å². The van der Waals surface area contributed by atoms with Crippen LogP contribution in [0, 0.1) is 12.8 Å². The number of aromatic amines is 1. The number of H-pyrrole nitrogens is 1. The van der Waals surface area contributed by atoms with Crippen LogP contribution in [0.1, 0.15) is 30.8 Å². The Bertz CT molecular complexity index is 1350. The lowest BCUT2D eigenvalue weighted by Gasteiger charge is -2.17. The zero-order valence-electron chi connectivity index (χ0n) is 19.4. The SMILES string of the molecule is CC1=NN(c2ccc(OC(F)F)c(-c3n[nH]c(C)n3)c2)C(=O)C1C(=O)Cc1cccc(C(C)(F)F)c1. The van der Waals surface area contributed by atoms with Crippen molar-refractivity contribution in [2.45, 2.75) is 39.7 Å². The van der Waals surface area contributed by atoms with Gasteiger partial charge in [0.25, 0.3) is 11.8 Å². The molecule has 1 N–H and O–H groups in total. The van der Waals surface area contributed by atoms with E-state index in [1.807, 2.05) is 0 Å². The number of anilines is 1. The fourth-order valence-electron chi connectivity index (χ4n) is 3.87. The second-order valence-corrected chi connectivity index (χ2v) is 8.36. The zero-order chi connectivity index (χ0) is 26.2. The summed E-state index contributed by atoms with van der Waals surface area (Å²) in [5.41, 5.74) is 0.587. The first-order chi connectivity index (χ1) is 16.9. The molecule has 2 heterocycles. The van der Waals surface area contributed by atoms with E-state index in [0.29, 0.717) is 11.4 Å². The highest BCUT2D eigenvalue weighted by Gasteiger charge is 2.39. The van der Waals surface area contributed by atoms with E-state index >= 15 is 0 Å². The van der Waals surface area contributed by atoms with Crippen LogP contribution in [0.5, 0.6) is 5.75 Å². The Hall–Kier alpha value is -4.09. The largest absolute Gasteiger partial charge is 0.434 e. The van der Waals surface area contributed by atoms with Crippen molar-refractivity contribution in [2.24, 2.45) is 11.0 Å². The van der Waals surface area contributed by atoms with Crippen molar-refractivity contribution in [3.05, 3.63) is 59.4 Å². The number of alkyl halides is 4. The number of hydrazone groups is 1. The molecule has 1 amide bonds. The summed E-state index contributed by atoms with van der Waals surface area (Å²) in [5.74, 6) is -5.17. The van der Waals surface area contributed by atoms with Crippen LogP contribution >= 0.6 is 0 Å². The molecule has 4 rings (SSSR count). The van der Waals surface area contributed by atoms with Gasteiger partial charge in [-0.1, -0.05) is 18.2 Å². The highest BCUT2D eigenvalue weighted by Crippen LogP contribution is 2.35. The van der Waals surface area contributed by atoms with E-state index in [0.717, 1.165) is 11.9 Å². The van der Waals surface area contributed by atoms with Gasteiger partial charge in [0.2, 0.25) is 0 Å². The van der Waals surface area contributed by atoms with Crippen LogP contribution in [0.25, 0.3) is 11.4 Å². The van der Waals surface area contributed by atoms with Crippen molar-refractivity contribution in [1.29, 1.82) is 0 Å². The zero-order valence-corrected chi connectivity index (χ0v) is 19.4. The van der Waals surface area contributed by atoms with Crippen LogP contribution in [0.15, 0.2) is 47.6 Å². The third kappa shape index (κ3) is 5.11. The molecule has 0 fully saturated rings. The number of carbonyl (C=O) groups excluding carboxylic acids is 2. The number of hydrogen-bond acceptors (Lipinski definition) is 6. The molecule has 0 radical (unpaired) electrons. The smallest absolute Gasteiger partial charge is 0.387 e. The summed E-state index contributed by atoms with van der Waals surface area (Å²) in [6.07, 6.45) is -0.246. The molecule has 36 heavy (non-hydrogen) atoms. The molecule has 0 saturated carbocycles. The number of ketones is 1. The van der Waals surface area contributed by atoms with Gasteiger partial charge in [-0.25, -0.2) is 13.8 Å². The van der Waals surface area contributed by atoms with Crippen molar-refractivity contribution in [3.63, 3.8) is 0 Å². The third-order valence-electron chi connectivity index (χ3n) is 5.53. The molecule has 0 spiro atoms. The van der Waals surface area contributed by atoms with Crippen molar-refractivity contribution < 1.29 is 31.9 Å². The first-order valence-electron chi connectivity index (χ1n) is 10.8. The maximum Gasteiger partial charge on any atom is 0.387 e. The number of amides is 1. The van der Waals surface area contributed by atoms with Gasteiger partial charge in [0.05, 0.1) is 17.0 Å². The number of aromatic nitrogens is 3. The van der Waals surface area contributed by atoms with Crippen molar-refractivity contribution in [2.75, 3.05) is 5.01 Å². The monoisotopic (exact) mass is 503 g/mol. The van der Waals surface area contributed by atoms with Gasteiger partial charge in [0.1, 0.15) is 17.5 Å². The van der Waals surface area contributed by atoms with Crippen LogP contribution in [0.3, 0.4) is 0 Å². The highest BCUT2D eigenvalue weighted by molar-refractivity contribution is 6.27. The Balaban J connectivity index is 1.60. The van der Waals surface area contributed by atoms with E-state index in [9.17, 15) is 27.2 Å². The minimum Gasteiger partial charge on any atom is -0.434 e. The van der Waals surface area contributed by atoms with E-state index in [1.165, 1.54) is 49.4 Å². The van der Waals surface area contributed by atoms with Crippen LogP contribution in [0.2, 0.25) is 0 Å². The average Bonchev–Trinajstić information content (AvgIpc) is 3.35. The van der Waals surface area contributed by atoms with Gasteiger partial charge in [0, 0.05) is 18.9 Å². The molecule has 3 aromatic rings. The number of nitrogens with zero attached hydrogens (tertiary/aromatic N) is 4. The Morgan fingerprint density at radius 2 is 1.94 bits per heavy atom. The second-order valence-electron chi connectivity index (χ2n) is 8.36. The molecule has 188 valence electrons. The third-order valence-corrected chi connectivity index (χ3v) is 5.53. The summed E-state index contributed by atoms with van der Waals surface area (Å²) in [6.45, 7) is 0.787. The number of halogens is 4. The lowest BCUT2D eigenvalue weighted by molar-refractivity contribution is -0.128. The summed E-state index contributed by atoms with van der Waals surface area (Å²) in [4.78, 5) is 30.3. The molecule has 1 aromatic heterocycles. The standard InChI is InChI=1S/C24H21F4N5O3/c1-12-20(18(34)10-14-5-4-6-15(9-14)24(3,27)28)22(35)33(32-12)16-7-8-19(36-23(25)26)17(11-16)21-29-13(2)30-31-21/h4-9,11,20,23H,10H2,1-3H3,(H,29,30,31). The van der Waals surface area contributed by atoms with Gasteiger partial charge < -0.3 is 4.74 Å². The number of carbonyl (C=O) groups is 2. The minimum atomic E-state index is -3.10. The van der Waals surface area contributed by atoms with E-state index < -0.39 is 30.1 Å². The van der Waals surface area contributed by atoms with E-state index in [4.69, 9.17) is 0 Å². The molecular formula is C24H21F4N5O3. The van der Waals surface area contributed by atoms with E-state index in [2.05, 4.69) is 25.0 Å². The maximum absolute atomic E-state index is 13.7. The predicted octanol–water partition coefficient (Wildman–Crippen LogP) is 4.64. The first kappa shape index (κ1) is 25.0. The molecule has 0 bridgehead atoms. The number of aryl methyl sites for hydroxylation is 1. The minimum absolute atomic E-state index is 0.0672. The van der Waals surface area contributed by atoms with Crippen molar-refractivity contribution >= 4 is 23.1 Å². The molecule has 12 heteroatoms.